The Morgan fingerprint density at radius 3 is 2.66 bits per heavy atom. The largest absolute Gasteiger partial charge is 0.382 e. The zero-order chi connectivity index (χ0) is 22.5. The van der Waals surface area contributed by atoms with Gasteiger partial charge in [0, 0.05) is 35.4 Å². The van der Waals surface area contributed by atoms with E-state index >= 15 is 0 Å². The van der Waals surface area contributed by atoms with Crippen molar-refractivity contribution >= 4 is 45.9 Å². The van der Waals surface area contributed by atoms with E-state index in [0.29, 0.717) is 69.8 Å². The van der Waals surface area contributed by atoms with Crippen LogP contribution in [0.4, 0.5) is 0 Å². The van der Waals surface area contributed by atoms with Crippen LogP contribution in [0.2, 0.25) is 10.0 Å². The summed E-state index contributed by atoms with van der Waals surface area (Å²) < 4.78 is 12.5. The summed E-state index contributed by atoms with van der Waals surface area (Å²) in [7, 11) is 0. The van der Waals surface area contributed by atoms with Crippen LogP contribution in [0.3, 0.4) is 0 Å². The van der Waals surface area contributed by atoms with Crippen LogP contribution in [-0.4, -0.2) is 32.9 Å². The number of nitrogens with zero attached hydrogens (tertiary/aromatic N) is 4. The van der Waals surface area contributed by atoms with E-state index in [0.717, 1.165) is 5.56 Å². The Morgan fingerprint density at radius 2 is 1.88 bits per heavy atom. The number of thioether (sulfide) groups is 1. The average Bonchev–Trinajstić information content (AvgIpc) is 3.26. The maximum absolute atomic E-state index is 13.1. The van der Waals surface area contributed by atoms with Crippen LogP contribution in [0, 0.1) is 0 Å². The summed E-state index contributed by atoms with van der Waals surface area (Å²) in [4.78, 5) is 22.2. The highest BCUT2D eigenvalue weighted by Gasteiger charge is 2.15. The summed E-state index contributed by atoms with van der Waals surface area (Å²) in [6.45, 7) is 3.65. The van der Waals surface area contributed by atoms with Crippen LogP contribution < -0.4 is 5.56 Å². The quantitative estimate of drug-likeness (QED) is 0.174. The Bertz CT molecular complexity index is 1270. The van der Waals surface area contributed by atoms with Crippen LogP contribution in [0.15, 0.2) is 56.9 Å². The Hall–Kier alpha value is -2.39. The first-order valence-corrected chi connectivity index (χ1v) is 11.8. The first-order valence-electron chi connectivity index (χ1n) is 10.0. The summed E-state index contributed by atoms with van der Waals surface area (Å²) in [6.07, 6.45) is 0.699. The molecule has 0 N–H and O–H groups in total. The minimum atomic E-state index is -0.111. The van der Waals surface area contributed by atoms with Crippen molar-refractivity contribution < 1.29 is 9.26 Å². The molecule has 2 aromatic heterocycles. The van der Waals surface area contributed by atoms with Crippen LogP contribution in [0.1, 0.15) is 19.2 Å². The number of fused-ring (bicyclic) bond motifs is 1. The predicted molar refractivity (Wildman–Crippen MR) is 126 cm³/mol. The van der Waals surface area contributed by atoms with E-state index in [1.54, 1.807) is 34.9 Å². The SMILES string of the molecule is CCOCCCn1c(SCc2noc(-c3ccc(Cl)cc3)n2)nc2cc(Cl)ccc2c1=O. The van der Waals surface area contributed by atoms with Crippen molar-refractivity contribution in [2.24, 2.45) is 0 Å². The third-order valence-electron chi connectivity index (χ3n) is 4.65. The second-order valence-corrected chi connectivity index (χ2v) is 8.69. The number of aromatic nitrogens is 4. The fraction of sp³-hybridized carbons (Fsp3) is 0.273. The van der Waals surface area contributed by atoms with E-state index in [-0.39, 0.29) is 5.56 Å². The van der Waals surface area contributed by atoms with Crippen molar-refractivity contribution in [3.63, 3.8) is 0 Å². The van der Waals surface area contributed by atoms with Crippen molar-refractivity contribution in [1.29, 1.82) is 0 Å². The summed E-state index contributed by atoms with van der Waals surface area (Å²) in [5.74, 6) is 1.30. The van der Waals surface area contributed by atoms with Gasteiger partial charge in [-0.25, -0.2) is 4.98 Å². The molecule has 0 amide bonds. The number of ether oxygens (including phenoxy) is 1. The lowest BCUT2D eigenvalue weighted by Gasteiger charge is -2.12. The smallest absolute Gasteiger partial charge is 0.262 e. The maximum Gasteiger partial charge on any atom is 0.262 e. The number of benzene rings is 2. The van der Waals surface area contributed by atoms with Gasteiger partial charge in [0.2, 0.25) is 0 Å². The van der Waals surface area contributed by atoms with Crippen LogP contribution in [0.25, 0.3) is 22.4 Å². The molecule has 10 heteroatoms. The molecule has 32 heavy (non-hydrogen) atoms. The molecule has 0 spiro atoms. The molecule has 0 aliphatic rings. The van der Waals surface area contributed by atoms with E-state index in [1.165, 1.54) is 11.8 Å². The van der Waals surface area contributed by atoms with Gasteiger partial charge < -0.3 is 9.26 Å². The second kappa shape index (κ2) is 10.5. The lowest BCUT2D eigenvalue weighted by Crippen LogP contribution is -2.24. The summed E-state index contributed by atoms with van der Waals surface area (Å²) in [5.41, 5.74) is 1.23. The van der Waals surface area contributed by atoms with Crippen molar-refractivity contribution in [3.05, 3.63) is 68.7 Å². The number of hydrogen-bond acceptors (Lipinski definition) is 7. The molecule has 166 valence electrons. The number of rotatable bonds is 9. The molecule has 4 rings (SSSR count). The predicted octanol–water partition coefficient (Wildman–Crippen LogP) is 5.47. The number of hydrogen-bond donors (Lipinski definition) is 0. The van der Waals surface area contributed by atoms with Crippen molar-refractivity contribution in [2.45, 2.75) is 30.8 Å². The topological polar surface area (TPSA) is 83.0 Å². The molecule has 0 saturated carbocycles. The molecule has 0 unspecified atom stereocenters. The Balaban J connectivity index is 1.58. The van der Waals surface area contributed by atoms with Gasteiger partial charge in [0.1, 0.15) is 0 Å². The van der Waals surface area contributed by atoms with Gasteiger partial charge in [-0.15, -0.1) is 0 Å². The van der Waals surface area contributed by atoms with E-state index in [1.807, 2.05) is 19.1 Å². The van der Waals surface area contributed by atoms with Gasteiger partial charge in [0.15, 0.2) is 11.0 Å². The van der Waals surface area contributed by atoms with Crippen LogP contribution >= 0.6 is 35.0 Å². The third kappa shape index (κ3) is 5.32. The normalized spacial score (nSPS) is 11.3. The molecular weight excluding hydrogens is 471 g/mol. The van der Waals surface area contributed by atoms with Gasteiger partial charge in [-0.1, -0.05) is 40.1 Å². The number of halogens is 2. The molecular formula is C22H20Cl2N4O3S. The van der Waals surface area contributed by atoms with Gasteiger partial charge in [0.05, 0.1) is 16.7 Å². The molecule has 0 aliphatic heterocycles. The molecule has 4 aromatic rings. The molecule has 0 radical (unpaired) electrons. The van der Waals surface area contributed by atoms with Gasteiger partial charge in [-0.3, -0.25) is 9.36 Å². The molecule has 2 aromatic carbocycles. The molecule has 0 atom stereocenters. The molecule has 7 nitrogen and oxygen atoms in total. The van der Waals surface area contributed by atoms with Crippen LogP contribution in [-0.2, 0) is 17.0 Å². The summed E-state index contributed by atoms with van der Waals surface area (Å²) in [6, 6.07) is 12.3. The van der Waals surface area contributed by atoms with Crippen LogP contribution in [0.5, 0.6) is 0 Å². The van der Waals surface area contributed by atoms with E-state index in [2.05, 4.69) is 15.1 Å². The maximum atomic E-state index is 13.1. The summed E-state index contributed by atoms with van der Waals surface area (Å²) in [5, 5.41) is 6.31. The Kier molecular flexibility index (Phi) is 7.47. The highest BCUT2D eigenvalue weighted by molar-refractivity contribution is 7.98. The minimum Gasteiger partial charge on any atom is -0.382 e. The zero-order valence-corrected chi connectivity index (χ0v) is 19.6. The molecule has 0 bridgehead atoms. The first kappa shape index (κ1) is 22.8. The molecule has 0 aliphatic carbocycles. The minimum absolute atomic E-state index is 0.111. The second-order valence-electron chi connectivity index (χ2n) is 6.87. The van der Waals surface area contributed by atoms with E-state index in [9.17, 15) is 4.79 Å². The fourth-order valence-corrected chi connectivity index (χ4v) is 4.26. The monoisotopic (exact) mass is 490 g/mol. The van der Waals surface area contributed by atoms with Gasteiger partial charge >= 0.3 is 0 Å². The van der Waals surface area contributed by atoms with Crippen molar-refractivity contribution in [3.8, 4) is 11.5 Å². The third-order valence-corrected chi connectivity index (χ3v) is 6.11. The Morgan fingerprint density at radius 1 is 1.09 bits per heavy atom. The lowest BCUT2D eigenvalue weighted by molar-refractivity contribution is 0.140. The summed E-state index contributed by atoms with van der Waals surface area (Å²) >= 11 is 13.4. The van der Waals surface area contributed by atoms with Crippen molar-refractivity contribution in [1.82, 2.24) is 19.7 Å². The highest BCUT2D eigenvalue weighted by Crippen LogP contribution is 2.25. The van der Waals surface area contributed by atoms with E-state index in [4.69, 9.17) is 32.5 Å². The standard InChI is InChI=1S/C22H20Cl2N4O3S/c1-2-30-11-3-10-28-21(29)17-9-8-16(24)12-18(17)25-22(28)32-13-19-26-20(31-27-19)14-4-6-15(23)7-5-14/h4-9,12H,2-3,10-11,13H2,1H3. The van der Waals surface area contributed by atoms with Gasteiger partial charge in [0.25, 0.3) is 11.4 Å². The fourth-order valence-electron chi connectivity index (χ4n) is 3.10. The molecule has 0 fully saturated rings. The van der Waals surface area contributed by atoms with Gasteiger partial charge in [-0.2, -0.15) is 4.98 Å². The Labute approximate surface area is 198 Å². The van der Waals surface area contributed by atoms with E-state index < -0.39 is 0 Å². The lowest BCUT2D eigenvalue weighted by atomic mass is 10.2. The molecule has 0 saturated heterocycles. The molecule has 2 heterocycles. The van der Waals surface area contributed by atoms with Gasteiger partial charge in [-0.05, 0) is 55.8 Å². The van der Waals surface area contributed by atoms with Crippen molar-refractivity contribution in [2.75, 3.05) is 13.2 Å². The average molecular weight is 491 g/mol. The first-order chi connectivity index (χ1) is 15.5. The highest BCUT2D eigenvalue weighted by atomic mass is 35.5. The zero-order valence-electron chi connectivity index (χ0n) is 17.3.